The van der Waals surface area contributed by atoms with Gasteiger partial charge in [-0.25, -0.2) is 0 Å². The minimum Gasteiger partial charge on any atom is -0.322 e. The van der Waals surface area contributed by atoms with Crippen molar-refractivity contribution in [3.8, 4) is 5.69 Å². The zero-order valence-electron chi connectivity index (χ0n) is 15.2. The van der Waals surface area contributed by atoms with E-state index < -0.39 is 0 Å². The fraction of sp³-hybridized carbons (Fsp3) is 0.316. The molecular weight excluding hydrogens is 380 g/mol. The number of halogens is 1. The molecule has 2 aromatic carbocycles. The third-order valence-electron chi connectivity index (χ3n) is 5.15. The molecule has 1 aromatic heterocycles. The zero-order valence-corrected chi connectivity index (χ0v) is 15.9. The second kappa shape index (κ2) is 8.04. The molecule has 1 saturated heterocycles. The molecule has 1 aliphatic rings. The second-order valence-electron chi connectivity index (χ2n) is 6.93. The van der Waals surface area contributed by atoms with Crippen molar-refractivity contribution in [1.29, 1.82) is 0 Å². The van der Waals surface area contributed by atoms with Crippen LogP contribution in [-0.4, -0.2) is 38.2 Å². The van der Waals surface area contributed by atoms with Gasteiger partial charge >= 0.3 is 0 Å². The van der Waals surface area contributed by atoms with Crippen molar-refractivity contribution in [1.82, 2.24) is 20.2 Å². The van der Waals surface area contributed by atoms with Crippen LogP contribution >= 0.6 is 11.6 Å². The van der Waals surface area contributed by atoms with Crippen LogP contribution in [0.25, 0.3) is 5.69 Å². The highest BCUT2D eigenvalue weighted by atomic mass is 35.5. The Balaban J connectivity index is 1.78. The molecule has 1 fully saturated rings. The van der Waals surface area contributed by atoms with Gasteiger partial charge < -0.3 is 4.90 Å². The summed E-state index contributed by atoms with van der Waals surface area (Å²) in [7, 11) is 0. The van der Waals surface area contributed by atoms with E-state index in [1.807, 2.05) is 18.2 Å². The Kier molecular flexibility index (Phi) is 5.31. The number of quaternary nitrogens is 1. The molecule has 1 aliphatic heterocycles. The van der Waals surface area contributed by atoms with Crippen molar-refractivity contribution >= 4 is 17.3 Å². The Morgan fingerprint density at radius 1 is 1.11 bits per heavy atom. The lowest BCUT2D eigenvalue weighted by atomic mass is 10.0. The van der Waals surface area contributed by atoms with E-state index in [0.717, 1.165) is 37.2 Å². The Hall–Kier alpha value is -2.84. The van der Waals surface area contributed by atoms with E-state index in [2.05, 4.69) is 15.5 Å². The minimum absolute atomic E-state index is 0.0746. The van der Waals surface area contributed by atoms with Crippen LogP contribution in [0.5, 0.6) is 0 Å². The Morgan fingerprint density at radius 3 is 2.54 bits per heavy atom. The lowest BCUT2D eigenvalue weighted by molar-refractivity contribution is -0.931. The predicted molar refractivity (Wildman–Crippen MR) is 104 cm³/mol. The fourth-order valence-electron chi connectivity index (χ4n) is 3.82. The number of nitro groups is 1. The Morgan fingerprint density at radius 2 is 1.86 bits per heavy atom. The summed E-state index contributed by atoms with van der Waals surface area (Å²) >= 11 is 6.16. The first-order chi connectivity index (χ1) is 13.6. The van der Waals surface area contributed by atoms with E-state index >= 15 is 0 Å². The van der Waals surface area contributed by atoms with Crippen LogP contribution in [0.15, 0.2) is 48.5 Å². The molecule has 0 unspecified atom stereocenters. The van der Waals surface area contributed by atoms with E-state index in [0.29, 0.717) is 10.8 Å². The SMILES string of the molecule is O=[N+]([O-])c1ccc([C@@H](c2nnnn2-c2cccc(Cl)c2)[NH+]2CCCCC2)cc1. The van der Waals surface area contributed by atoms with Crippen LogP contribution in [-0.2, 0) is 0 Å². The summed E-state index contributed by atoms with van der Waals surface area (Å²) in [5.41, 5.74) is 1.82. The van der Waals surface area contributed by atoms with Crippen LogP contribution in [0.3, 0.4) is 0 Å². The number of hydrogen-bond donors (Lipinski definition) is 1. The van der Waals surface area contributed by atoms with Gasteiger partial charge in [-0.1, -0.05) is 17.7 Å². The van der Waals surface area contributed by atoms with E-state index in [-0.39, 0.29) is 16.7 Å². The number of non-ortho nitro benzene ring substituents is 1. The van der Waals surface area contributed by atoms with Gasteiger partial charge in [0.2, 0.25) is 5.82 Å². The summed E-state index contributed by atoms with van der Waals surface area (Å²) in [4.78, 5) is 12.0. The van der Waals surface area contributed by atoms with Crippen molar-refractivity contribution in [2.45, 2.75) is 25.3 Å². The number of hydrogen-bond acceptors (Lipinski definition) is 5. The molecule has 0 saturated carbocycles. The normalized spacial score (nSPS) is 16.0. The average Bonchev–Trinajstić information content (AvgIpc) is 3.19. The lowest BCUT2D eigenvalue weighted by Crippen LogP contribution is -3.13. The molecule has 28 heavy (non-hydrogen) atoms. The number of tetrazole rings is 1. The van der Waals surface area contributed by atoms with E-state index in [4.69, 9.17) is 11.6 Å². The zero-order chi connectivity index (χ0) is 19.5. The Labute approximate surface area is 166 Å². The van der Waals surface area contributed by atoms with Gasteiger partial charge in [0.05, 0.1) is 23.7 Å². The number of nitrogens with zero attached hydrogens (tertiary/aromatic N) is 5. The van der Waals surface area contributed by atoms with E-state index in [9.17, 15) is 10.1 Å². The largest absolute Gasteiger partial charge is 0.322 e. The highest BCUT2D eigenvalue weighted by Crippen LogP contribution is 2.24. The topological polar surface area (TPSA) is 91.2 Å². The van der Waals surface area contributed by atoms with Crippen LogP contribution in [0, 0.1) is 10.1 Å². The summed E-state index contributed by atoms with van der Waals surface area (Å²) in [5.74, 6) is 0.702. The van der Waals surface area contributed by atoms with Gasteiger partial charge in [0.25, 0.3) is 5.69 Å². The lowest BCUT2D eigenvalue weighted by Gasteiger charge is -2.31. The van der Waals surface area contributed by atoms with Gasteiger partial charge in [-0.3, -0.25) is 10.1 Å². The van der Waals surface area contributed by atoms with E-state index in [1.54, 1.807) is 35.0 Å². The van der Waals surface area contributed by atoms with Crippen molar-refractivity contribution in [2.24, 2.45) is 0 Å². The molecule has 4 rings (SSSR count). The summed E-state index contributed by atoms with van der Waals surface area (Å²) < 4.78 is 1.71. The predicted octanol–water partition coefficient (Wildman–Crippen LogP) is 2.38. The van der Waals surface area contributed by atoms with Crippen LogP contribution in [0.4, 0.5) is 5.69 Å². The first kappa shape index (κ1) is 18.5. The standard InChI is InChI=1S/C19H19ClN6O2/c20-15-5-4-6-17(13-15)25-19(21-22-23-25)18(24-11-2-1-3-12-24)14-7-9-16(10-8-14)26(27)28/h4-10,13,18H,1-3,11-12H2/p+1/t18-/m0/s1. The molecule has 144 valence electrons. The number of aromatic nitrogens is 4. The highest BCUT2D eigenvalue weighted by molar-refractivity contribution is 6.30. The number of rotatable bonds is 5. The molecular formula is C19H20ClN6O2+. The van der Waals surface area contributed by atoms with Crippen LogP contribution in [0.1, 0.15) is 36.7 Å². The summed E-state index contributed by atoms with van der Waals surface area (Å²) in [6.07, 6.45) is 3.49. The first-order valence-electron chi connectivity index (χ1n) is 9.26. The summed E-state index contributed by atoms with van der Waals surface area (Å²) in [6, 6.07) is 14.0. The molecule has 0 bridgehead atoms. The molecule has 1 N–H and O–H groups in total. The van der Waals surface area contributed by atoms with Gasteiger partial charge in [0.15, 0.2) is 6.04 Å². The average molecular weight is 400 g/mol. The van der Waals surface area contributed by atoms with Gasteiger partial charge in [0, 0.05) is 22.7 Å². The maximum atomic E-state index is 11.0. The molecule has 0 aliphatic carbocycles. The Bertz CT molecular complexity index is 969. The number of benzene rings is 2. The van der Waals surface area contributed by atoms with Gasteiger partial charge in [-0.15, -0.1) is 5.10 Å². The van der Waals surface area contributed by atoms with Crippen molar-refractivity contribution in [3.63, 3.8) is 0 Å². The van der Waals surface area contributed by atoms with Crippen molar-refractivity contribution in [2.75, 3.05) is 13.1 Å². The molecule has 0 amide bonds. The van der Waals surface area contributed by atoms with Crippen LogP contribution in [0.2, 0.25) is 5.02 Å². The van der Waals surface area contributed by atoms with Crippen molar-refractivity contribution in [3.05, 3.63) is 75.1 Å². The monoisotopic (exact) mass is 399 g/mol. The minimum atomic E-state index is -0.386. The van der Waals surface area contributed by atoms with Gasteiger partial charge in [-0.2, -0.15) is 4.68 Å². The summed E-state index contributed by atoms with van der Waals surface area (Å²) in [5, 5.41) is 24.1. The van der Waals surface area contributed by atoms with E-state index in [1.165, 1.54) is 11.3 Å². The molecule has 3 aromatic rings. The quantitative estimate of drug-likeness (QED) is 0.525. The number of piperidine rings is 1. The molecule has 0 spiro atoms. The molecule has 2 heterocycles. The fourth-order valence-corrected chi connectivity index (χ4v) is 4.00. The molecule has 9 heteroatoms. The van der Waals surface area contributed by atoms with Crippen LogP contribution < -0.4 is 4.90 Å². The number of nitrogens with one attached hydrogen (secondary N) is 1. The third kappa shape index (κ3) is 3.74. The van der Waals surface area contributed by atoms with Gasteiger partial charge in [-0.05, 0) is 60.0 Å². The summed E-state index contributed by atoms with van der Waals surface area (Å²) in [6.45, 7) is 2.01. The van der Waals surface area contributed by atoms with Gasteiger partial charge in [0.1, 0.15) is 0 Å². The third-order valence-corrected chi connectivity index (χ3v) is 5.38. The number of nitro benzene ring substituents is 1. The maximum absolute atomic E-state index is 11.0. The number of likely N-dealkylation sites (tertiary alicyclic amines) is 1. The molecule has 0 radical (unpaired) electrons. The highest BCUT2D eigenvalue weighted by Gasteiger charge is 2.33. The molecule has 1 atom stereocenters. The second-order valence-corrected chi connectivity index (χ2v) is 7.37. The smallest absolute Gasteiger partial charge is 0.269 e. The first-order valence-corrected chi connectivity index (χ1v) is 9.64. The maximum Gasteiger partial charge on any atom is 0.269 e. The molecule has 8 nitrogen and oxygen atoms in total. The van der Waals surface area contributed by atoms with Crippen molar-refractivity contribution < 1.29 is 9.82 Å².